The van der Waals surface area contributed by atoms with Crippen molar-refractivity contribution >= 4 is 40.0 Å². The summed E-state index contributed by atoms with van der Waals surface area (Å²) in [6, 6.07) is 1.24. The molecular weight excluding hydrogens is 728 g/mol. The van der Waals surface area contributed by atoms with Gasteiger partial charge in [-0.05, 0) is 26.8 Å². The first-order valence-electron chi connectivity index (χ1n) is 18.5. The maximum absolute atomic E-state index is 14.3. The van der Waals surface area contributed by atoms with Crippen molar-refractivity contribution in [3.05, 3.63) is 53.3 Å². The molecule has 15 nitrogen and oxygen atoms in total. The van der Waals surface area contributed by atoms with Gasteiger partial charge in [-0.25, -0.2) is 0 Å². The summed E-state index contributed by atoms with van der Waals surface area (Å²) < 4.78 is 29.4. The number of Topliss-reactive ketones (excluding diaryl/α,β-unsaturated/α-hetero) is 1. The Labute approximate surface area is 326 Å². The predicted molar refractivity (Wildman–Crippen MR) is 206 cm³/mol. The molecule has 3 heterocycles. The van der Waals surface area contributed by atoms with Gasteiger partial charge in [-0.3, -0.25) is 19.2 Å². The monoisotopic (exact) mass is 782 g/mol. The van der Waals surface area contributed by atoms with E-state index in [0.717, 1.165) is 0 Å². The van der Waals surface area contributed by atoms with Gasteiger partial charge in [0.15, 0.2) is 12.4 Å². The summed E-state index contributed by atoms with van der Waals surface area (Å²) in [6.07, 6.45) is 3.57. The molecule has 15 heteroatoms. The first kappa shape index (κ1) is 43.6. The number of aliphatic hydroxyl groups is 2. The highest BCUT2D eigenvalue weighted by Crippen LogP contribution is 2.54. The lowest BCUT2D eigenvalue weighted by molar-refractivity contribution is -0.160. The van der Waals surface area contributed by atoms with Gasteiger partial charge in [0.05, 0.1) is 41.2 Å². The number of hydrogen-bond acceptors (Lipinski definition) is 13. The number of esters is 1. The van der Waals surface area contributed by atoms with Crippen LogP contribution in [0.5, 0.6) is 23.0 Å². The number of benzene rings is 2. The van der Waals surface area contributed by atoms with E-state index in [1.807, 2.05) is 0 Å². The number of amides is 2. The number of rotatable bonds is 6. The van der Waals surface area contributed by atoms with Crippen LogP contribution in [0.1, 0.15) is 71.3 Å². The second-order valence-electron chi connectivity index (χ2n) is 14.6. The van der Waals surface area contributed by atoms with E-state index < -0.39 is 95.5 Å². The number of phenolic OH excluding ortho intramolecular Hbond substituents is 2. The molecule has 2 aromatic carbocycles. The number of aliphatic hydroxyl groups excluding tert-OH is 2. The third-order valence-corrected chi connectivity index (χ3v) is 10.6. The summed E-state index contributed by atoms with van der Waals surface area (Å²) in [5.41, 5.74) is -0.0351. The number of phenols is 2. The SMILES string of the molecule is CCNC(=O)COc1cc2c(O)c3c(O)c(C)c4c(c13)C(=O)C(C)(O/C=C/C(OC)C(C)C(OC(C)=O)C(C)C(O)C(C)C(O)C(C)/C=C/C=C(\C)C(=O)N2)O4. The number of carbonyl (C=O) groups excluding carboxylic acids is 4. The smallest absolute Gasteiger partial charge is 0.312 e. The summed E-state index contributed by atoms with van der Waals surface area (Å²) in [5, 5.41) is 50.7. The maximum atomic E-state index is 14.3. The lowest BCUT2D eigenvalue weighted by Gasteiger charge is -2.38. The molecule has 2 aromatic rings. The van der Waals surface area contributed by atoms with Crippen LogP contribution in [0.4, 0.5) is 5.69 Å². The quantitative estimate of drug-likeness (QED) is 0.175. The van der Waals surface area contributed by atoms with Crippen LogP contribution in [0, 0.1) is 30.6 Å². The van der Waals surface area contributed by atoms with E-state index in [9.17, 15) is 39.6 Å². The summed E-state index contributed by atoms with van der Waals surface area (Å²) in [7, 11) is 1.43. The fourth-order valence-electron chi connectivity index (χ4n) is 7.14. The zero-order chi connectivity index (χ0) is 41.8. The van der Waals surface area contributed by atoms with Crippen molar-refractivity contribution in [3.63, 3.8) is 0 Å². The van der Waals surface area contributed by atoms with Gasteiger partial charge in [0.2, 0.25) is 0 Å². The molecule has 0 fully saturated rings. The molecule has 0 aromatic heterocycles. The van der Waals surface area contributed by atoms with E-state index in [1.165, 1.54) is 59.3 Å². The van der Waals surface area contributed by atoms with Crippen LogP contribution in [0.25, 0.3) is 10.8 Å². The molecule has 9 atom stereocenters. The van der Waals surface area contributed by atoms with Gasteiger partial charge in [0.25, 0.3) is 17.6 Å². The van der Waals surface area contributed by atoms with Gasteiger partial charge < -0.3 is 54.7 Å². The van der Waals surface area contributed by atoms with Gasteiger partial charge in [0, 0.05) is 73.8 Å². The molecule has 2 amide bonds. The average molecular weight is 783 g/mol. The molecule has 0 saturated heterocycles. The van der Waals surface area contributed by atoms with E-state index in [2.05, 4.69) is 10.6 Å². The lowest BCUT2D eigenvalue weighted by atomic mass is 9.78. The van der Waals surface area contributed by atoms with Crippen LogP contribution in [0.15, 0.2) is 42.2 Å². The molecule has 56 heavy (non-hydrogen) atoms. The summed E-state index contributed by atoms with van der Waals surface area (Å²) in [5.74, 6) is -8.18. The Morgan fingerprint density at radius 3 is 2.29 bits per heavy atom. The minimum atomic E-state index is -2.02. The van der Waals surface area contributed by atoms with Gasteiger partial charge >= 0.3 is 11.8 Å². The van der Waals surface area contributed by atoms with Crippen molar-refractivity contribution in [2.75, 3.05) is 25.6 Å². The Hall–Kier alpha value is -5.12. The summed E-state index contributed by atoms with van der Waals surface area (Å²) in [6.45, 7) is 14.0. The van der Waals surface area contributed by atoms with Crippen LogP contribution in [0.3, 0.4) is 0 Å². The minimum Gasteiger partial charge on any atom is -0.507 e. The molecule has 0 spiro atoms. The number of ketones is 1. The fourth-order valence-corrected chi connectivity index (χ4v) is 7.14. The Morgan fingerprint density at radius 2 is 1.66 bits per heavy atom. The molecule has 3 aliphatic rings. The van der Waals surface area contributed by atoms with Crippen molar-refractivity contribution in [1.82, 2.24) is 5.32 Å². The molecule has 3 aliphatic heterocycles. The average Bonchev–Trinajstić information content (AvgIpc) is 3.42. The van der Waals surface area contributed by atoms with Crippen LogP contribution in [-0.2, 0) is 28.6 Å². The van der Waals surface area contributed by atoms with E-state index in [4.69, 9.17) is 23.7 Å². The van der Waals surface area contributed by atoms with Gasteiger partial charge in [0.1, 0.15) is 23.4 Å². The normalized spacial score (nSPS) is 30.8. The van der Waals surface area contributed by atoms with Crippen molar-refractivity contribution in [1.29, 1.82) is 0 Å². The van der Waals surface area contributed by atoms with Crippen LogP contribution in [-0.4, -0.2) is 94.5 Å². The molecule has 5 bridgehead atoms. The Morgan fingerprint density at radius 1 is 0.982 bits per heavy atom. The largest absolute Gasteiger partial charge is 0.507 e. The van der Waals surface area contributed by atoms with E-state index in [0.29, 0.717) is 6.54 Å². The number of fused-ring (bicyclic) bond motifs is 14. The van der Waals surface area contributed by atoms with E-state index in [1.54, 1.807) is 46.8 Å². The molecular formula is C41H54N2O13. The van der Waals surface area contributed by atoms with Crippen LogP contribution in [0.2, 0.25) is 0 Å². The number of methoxy groups -OCH3 is 1. The maximum Gasteiger partial charge on any atom is 0.312 e. The summed E-state index contributed by atoms with van der Waals surface area (Å²) >= 11 is 0. The predicted octanol–water partition coefficient (Wildman–Crippen LogP) is 4.56. The number of carbonyl (C=O) groups is 4. The van der Waals surface area contributed by atoms with Crippen molar-refractivity contribution in [3.8, 4) is 23.0 Å². The highest BCUT2D eigenvalue weighted by Gasteiger charge is 2.49. The van der Waals surface area contributed by atoms with Gasteiger partial charge in [-0.2, -0.15) is 0 Å². The number of nitrogens with one attached hydrogen (secondary N) is 2. The molecule has 0 radical (unpaired) electrons. The van der Waals surface area contributed by atoms with Crippen molar-refractivity contribution in [2.45, 2.75) is 92.5 Å². The first-order chi connectivity index (χ1) is 26.3. The van der Waals surface area contributed by atoms with Crippen molar-refractivity contribution in [2.24, 2.45) is 23.7 Å². The summed E-state index contributed by atoms with van der Waals surface area (Å²) in [4.78, 5) is 52.6. The molecule has 9 unspecified atom stereocenters. The molecule has 306 valence electrons. The van der Waals surface area contributed by atoms with Gasteiger partial charge in [-0.15, -0.1) is 0 Å². The molecule has 6 N–H and O–H groups in total. The minimum absolute atomic E-state index is 0.0639. The van der Waals surface area contributed by atoms with Crippen molar-refractivity contribution < 1.29 is 63.3 Å². The Balaban J connectivity index is 1.93. The van der Waals surface area contributed by atoms with Crippen LogP contribution < -0.4 is 20.1 Å². The third kappa shape index (κ3) is 8.79. The molecule has 0 aliphatic carbocycles. The standard InChI is InChI=1S/C41H54N2O13/c1-11-42-29(45)18-53-28-17-26-36(49)31-30(28)32-38(24(7)35(31)48)56-41(9,39(32)50)54-16-15-27(52-10)21(4)37(55-25(8)44)23(6)34(47)22(5)33(46)19(2)13-12-14-20(3)40(51)43-26/h12-17,19,21-23,27,33-34,37,46-49H,11,18H2,1-10H3,(H,42,45)(H,43,51)/b13-12+,16-15+,20-14+. The van der Waals surface area contributed by atoms with Gasteiger partial charge in [-0.1, -0.05) is 45.9 Å². The van der Waals surface area contributed by atoms with E-state index >= 15 is 0 Å². The number of hydrogen-bond donors (Lipinski definition) is 6. The zero-order valence-electron chi connectivity index (χ0n) is 33.5. The Kier molecular flexibility index (Phi) is 13.8. The topological polar surface area (TPSA) is 219 Å². The Bertz CT molecular complexity index is 1940. The fraction of sp³-hybridized carbons (Fsp3) is 0.512. The highest BCUT2D eigenvalue weighted by atomic mass is 16.7. The first-order valence-corrected chi connectivity index (χ1v) is 18.5. The lowest BCUT2D eigenvalue weighted by Crippen LogP contribution is -2.46. The van der Waals surface area contributed by atoms with E-state index in [-0.39, 0.29) is 44.7 Å². The van der Waals surface area contributed by atoms with Crippen LogP contribution >= 0.6 is 0 Å². The number of ether oxygens (including phenoxy) is 5. The molecule has 0 saturated carbocycles. The number of allylic oxidation sites excluding steroid dienone is 2. The second-order valence-corrected chi connectivity index (χ2v) is 14.6. The number of aromatic hydroxyl groups is 2. The highest BCUT2D eigenvalue weighted by molar-refractivity contribution is 6.21. The second kappa shape index (κ2) is 17.8. The number of anilines is 1. The third-order valence-electron chi connectivity index (χ3n) is 10.6. The molecule has 5 rings (SSSR count). The number of likely N-dealkylation sites (N-methyl/N-ethyl adjacent to an activating group) is 1. The zero-order valence-corrected chi connectivity index (χ0v) is 33.5.